The molecule has 0 aliphatic carbocycles. The van der Waals surface area contributed by atoms with E-state index in [4.69, 9.17) is 17.2 Å². The van der Waals surface area contributed by atoms with E-state index < -0.39 is 222 Å². The normalized spacial score (nSPS) is 18.8. The van der Waals surface area contributed by atoms with Crippen molar-refractivity contribution in [3.8, 4) is 0 Å². The Bertz CT molecular complexity index is 3670. The molecule has 39 nitrogen and oxygen atoms in total. The smallest absolute Gasteiger partial charge is 0.326 e. The topological polar surface area (TPSA) is 601 Å². The maximum Gasteiger partial charge on any atom is 0.326 e. The zero-order chi connectivity index (χ0) is 82.5. The van der Waals surface area contributed by atoms with Crippen molar-refractivity contribution in [2.45, 2.75) is 203 Å². The maximum absolute atomic E-state index is 14.9. The molecule has 0 saturated carbocycles. The van der Waals surface area contributed by atoms with E-state index >= 15 is 0 Å². The summed E-state index contributed by atoms with van der Waals surface area (Å²) >= 11 is 8.54. The van der Waals surface area contributed by atoms with Crippen LogP contribution in [0.25, 0.3) is 0 Å². The van der Waals surface area contributed by atoms with Gasteiger partial charge in [-0.3, -0.25) is 82.2 Å². The van der Waals surface area contributed by atoms with Crippen LogP contribution in [0.5, 0.6) is 0 Å². The van der Waals surface area contributed by atoms with Crippen LogP contribution in [0.15, 0.2) is 59.6 Å². The summed E-state index contributed by atoms with van der Waals surface area (Å²) < 4.78 is 0. The highest BCUT2D eigenvalue weighted by molar-refractivity contribution is 7.80. The highest BCUT2D eigenvalue weighted by Crippen LogP contribution is 2.28. The van der Waals surface area contributed by atoms with Crippen LogP contribution in [0.1, 0.15) is 116 Å². The van der Waals surface area contributed by atoms with Crippen LogP contribution in [-0.4, -0.2) is 270 Å². The Morgan fingerprint density at radius 1 is 0.550 bits per heavy atom. The van der Waals surface area contributed by atoms with Gasteiger partial charge in [0.05, 0.1) is 30.6 Å². The average molecular weight is 1600 g/mol. The van der Waals surface area contributed by atoms with E-state index in [1.807, 2.05) is 0 Å². The third-order valence-corrected chi connectivity index (χ3v) is 20.2. The lowest BCUT2D eigenvalue weighted by Gasteiger charge is -2.35. The molecule has 3 fully saturated rings. The number of benzene rings is 2. The van der Waals surface area contributed by atoms with E-state index in [9.17, 15) is 102 Å². The number of aliphatic hydroxyl groups is 2. The Morgan fingerprint density at radius 3 is 1.55 bits per heavy atom. The number of carbonyl (C=O) groups excluding carboxylic acids is 13. The zero-order valence-corrected chi connectivity index (χ0v) is 64.2. The Morgan fingerprint density at radius 2 is 1.01 bits per heavy atom. The summed E-state index contributed by atoms with van der Waals surface area (Å²) in [6.45, 7) is 6.45. The van der Waals surface area contributed by atoms with Gasteiger partial charge in [0.25, 0.3) is 5.69 Å². The number of amides is 13. The van der Waals surface area contributed by atoms with E-state index in [-0.39, 0.29) is 94.1 Å². The minimum absolute atomic E-state index is 0.0152. The number of nitro groups is 1. The Hall–Kier alpha value is -10.3. The van der Waals surface area contributed by atoms with Gasteiger partial charge in [0.2, 0.25) is 76.8 Å². The Labute approximate surface area is 651 Å². The summed E-state index contributed by atoms with van der Waals surface area (Å²) in [5.41, 5.74) is 16.7. The molecule has 0 bridgehead atoms. The van der Waals surface area contributed by atoms with Gasteiger partial charge < -0.3 is 105 Å². The number of nitrogens with two attached hydrogens (primary N) is 3. The number of guanidine groups is 1. The molecule has 2 aromatic carbocycles. The highest BCUT2D eigenvalue weighted by atomic mass is 32.1. The third kappa shape index (κ3) is 26.7. The Kier molecular flexibility index (Phi) is 36.7. The van der Waals surface area contributed by atoms with Crippen LogP contribution >= 0.6 is 25.3 Å². The number of likely N-dealkylation sites (tertiary alicyclic amines) is 3. The average Bonchev–Trinajstić information content (AvgIpc) is 1.70. The minimum Gasteiger partial charge on any atom is -0.481 e. The third-order valence-electron chi connectivity index (χ3n) is 19.5. The van der Waals surface area contributed by atoms with Gasteiger partial charge in [-0.1, -0.05) is 83.0 Å². The molecule has 13 amide bonds. The van der Waals surface area contributed by atoms with Gasteiger partial charge in [0.15, 0.2) is 5.96 Å². The molecule has 0 spiro atoms. The number of aliphatic carboxylic acids is 2. The molecule has 3 aliphatic rings. The number of nitro benzene ring substituents is 1. The molecule has 16 atom stereocenters. The predicted octanol–water partition coefficient (Wildman–Crippen LogP) is -4.90. The van der Waals surface area contributed by atoms with Crippen molar-refractivity contribution >= 4 is 126 Å². The van der Waals surface area contributed by atoms with Crippen LogP contribution in [0, 0.1) is 22.0 Å². The summed E-state index contributed by atoms with van der Waals surface area (Å²) in [7, 11) is 0. The lowest BCUT2D eigenvalue weighted by Crippen LogP contribution is -2.63. The van der Waals surface area contributed by atoms with Gasteiger partial charge in [0.1, 0.15) is 78.5 Å². The SMILES string of the molecule is CC[C@H](C)[C@H](NC(=O)[C@@H]1CCCN1C(=O)[C@@H]1CCCN1C(=O)[C@@H](NC(=O)[C@H](CO)NC(=O)[C@H](Cc1ccc([N+](=O)[O-])cc1)NC(=O)[C@@H](NC(=O)[C@H](CS)NC(=O)[C@H](CCCN=C(N)N)NC(=O)CN)[C@@H](C)O)[C@@H](C)CC)C(=O)N[C@@H](CS)C(=O)N[C@@H](Cc1ccccc1)C(=O)N1CCC[C@H]1C(=O)N[C@@H](CC(=O)O)C(=O)O. The zero-order valence-electron chi connectivity index (χ0n) is 62.4. The molecule has 0 unspecified atom stereocenters. The molecule has 3 saturated heterocycles. The van der Waals surface area contributed by atoms with Gasteiger partial charge in [0, 0.05) is 62.7 Å². The van der Waals surface area contributed by atoms with Crippen molar-refractivity contribution in [1.82, 2.24) is 67.9 Å². The number of thiol groups is 2. The largest absolute Gasteiger partial charge is 0.481 e. The second kappa shape index (κ2) is 44.6. The van der Waals surface area contributed by atoms with Crippen LogP contribution in [-0.2, 0) is 84.8 Å². The number of carboxylic acid groups (broad SMARTS) is 2. The molecule has 41 heteroatoms. The maximum atomic E-state index is 14.9. The van der Waals surface area contributed by atoms with E-state index in [0.717, 1.165) is 19.1 Å². The Balaban J connectivity index is 1.30. The molecule has 5 rings (SSSR count). The number of hydrogen-bond donors (Lipinski definition) is 19. The van der Waals surface area contributed by atoms with E-state index in [0.29, 0.717) is 31.2 Å². The number of non-ortho nitro benzene ring substituents is 1. The van der Waals surface area contributed by atoms with Crippen LogP contribution in [0.2, 0.25) is 0 Å². The number of rotatable bonds is 43. The first-order chi connectivity index (χ1) is 52.6. The lowest BCUT2D eigenvalue weighted by molar-refractivity contribution is -0.384. The van der Waals surface area contributed by atoms with Crippen molar-refractivity contribution in [3.05, 3.63) is 75.8 Å². The van der Waals surface area contributed by atoms with Gasteiger partial charge in [-0.2, -0.15) is 25.3 Å². The van der Waals surface area contributed by atoms with Crippen LogP contribution in [0.3, 0.4) is 0 Å². The lowest BCUT2D eigenvalue weighted by atomic mass is 9.96. The van der Waals surface area contributed by atoms with E-state index in [2.05, 4.69) is 83.4 Å². The first-order valence-corrected chi connectivity index (χ1v) is 37.8. The second-order valence-corrected chi connectivity index (χ2v) is 28.2. The number of aliphatic hydroxyl groups excluding tert-OH is 2. The molecule has 111 heavy (non-hydrogen) atoms. The van der Waals surface area contributed by atoms with E-state index in [1.54, 1.807) is 58.0 Å². The predicted molar refractivity (Wildman–Crippen MR) is 405 cm³/mol. The summed E-state index contributed by atoms with van der Waals surface area (Å²) in [5.74, 6) is -16.9. The molecular formula is C70H104N18O21S2. The van der Waals surface area contributed by atoms with Gasteiger partial charge in [-0.15, -0.1) is 0 Å². The van der Waals surface area contributed by atoms with E-state index in [1.165, 1.54) is 26.8 Å². The second-order valence-electron chi connectivity index (χ2n) is 27.5. The number of hydrogen-bond acceptors (Lipinski definition) is 23. The number of carboxylic acids is 2. The van der Waals surface area contributed by atoms with Gasteiger partial charge in [-0.05, 0) is 81.3 Å². The first-order valence-electron chi connectivity index (χ1n) is 36.6. The molecule has 20 N–H and O–H groups in total. The standard InChI is InChI=1S/C70H104N18O21S2/c1-6-36(3)54(64(101)81-47(34-110)60(97)77-44(30-39-15-9-8-10-16-39)66(103)85-26-12-18-49(85)62(99)78-45(69(106)107)31-53(92)93)82-63(100)50-19-13-27-86(50)67(104)51-20-14-28-87(51)68(105)55(37(4)7-2)83-59(96)46(33-89)79-58(95)43(29-40-21-23-41(24-22-40)88(108)109)76-65(102)56(38(5)90)84-61(98)48(35-111)80-57(94)42(75-52(91)32-71)17-11-25-74-70(72)73/h8-10,15-16,21-24,36-38,42-51,54-56,89-90,110-111H,6-7,11-14,17-20,25-35,71H2,1-5H3,(H,75,91)(H,76,102)(H,77,97)(H,78,99)(H,79,95)(H,80,94)(H,81,101)(H,82,100)(H,83,96)(H,84,98)(H,92,93)(H,106,107)(H4,72,73,74)/t36-,37-,38+,42-,43-,44-,45-,46-,47-,48-,49-,50-,51-,54-,55-,56-/m0/s1. The summed E-state index contributed by atoms with van der Waals surface area (Å²) in [6.07, 6.45) is -1.20. The van der Waals surface area contributed by atoms with Crippen molar-refractivity contribution in [2.24, 2.45) is 34.0 Å². The van der Waals surface area contributed by atoms with Gasteiger partial charge in [-0.25, -0.2) is 4.79 Å². The monoisotopic (exact) mass is 1600 g/mol. The molecule has 3 aliphatic heterocycles. The fourth-order valence-corrected chi connectivity index (χ4v) is 13.4. The molecule has 2 aromatic rings. The number of carbonyl (C=O) groups is 15. The first kappa shape index (κ1) is 91.4. The summed E-state index contributed by atoms with van der Waals surface area (Å²) in [5, 5.41) is 77.0. The molecule has 3 heterocycles. The fraction of sp³-hybridized carbons (Fsp3) is 0.600. The molecule has 0 radical (unpaired) electrons. The van der Waals surface area contributed by atoms with Crippen molar-refractivity contribution in [2.75, 3.05) is 50.8 Å². The molecule has 0 aromatic heterocycles. The summed E-state index contributed by atoms with van der Waals surface area (Å²) in [6, 6.07) is -5.91. The molecule has 612 valence electrons. The van der Waals surface area contributed by atoms with Crippen LogP contribution < -0.4 is 70.4 Å². The minimum atomic E-state index is -1.88. The summed E-state index contributed by atoms with van der Waals surface area (Å²) in [4.78, 5) is 225. The highest BCUT2D eigenvalue weighted by Gasteiger charge is 2.47. The fourth-order valence-electron chi connectivity index (χ4n) is 12.9. The van der Waals surface area contributed by atoms with Crippen LogP contribution in [0.4, 0.5) is 5.69 Å². The number of aliphatic imine (C=N–C) groups is 1. The van der Waals surface area contributed by atoms with Crippen molar-refractivity contribution < 1.29 is 97.3 Å². The van der Waals surface area contributed by atoms with Crippen molar-refractivity contribution in [1.29, 1.82) is 0 Å². The number of nitrogens with one attached hydrogen (secondary N) is 10. The quantitative estimate of drug-likeness (QED) is 0.00739. The van der Waals surface area contributed by atoms with Crippen molar-refractivity contribution in [3.63, 3.8) is 0 Å². The number of nitrogens with zero attached hydrogens (tertiary/aromatic N) is 5. The van der Waals surface area contributed by atoms with Gasteiger partial charge >= 0.3 is 11.9 Å². The molecular weight excluding hydrogens is 1490 g/mol.